The number of halogens is 1. The van der Waals surface area contributed by atoms with Gasteiger partial charge in [-0.3, -0.25) is 4.79 Å². The first-order chi connectivity index (χ1) is 7.22. The smallest absolute Gasteiger partial charge is 0.152 e. The Hall–Kier alpha value is -1.13. The van der Waals surface area contributed by atoms with Gasteiger partial charge in [-0.1, -0.05) is 0 Å². The first-order valence-corrected chi connectivity index (χ1v) is 5.73. The molecule has 0 atom stereocenters. The van der Waals surface area contributed by atoms with Crippen molar-refractivity contribution in [1.29, 1.82) is 5.41 Å². The van der Waals surface area contributed by atoms with Crippen LogP contribution < -0.4 is 0 Å². The fraction of sp³-hybridized carbons (Fsp3) is 0.200. The second-order valence-electron chi connectivity index (χ2n) is 3.18. The molecule has 2 aromatic heterocycles. The zero-order valence-corrected chi connectivity index (χ0v) is 9.65. The summed E-state index contributed by atoms with van der Waals surface area (Å²) in [7, 11) is 0. The van der Waals surface area contributed by atoms with Gasteiger partial charge in [0.05, 0.1) is 5.88 Å². The molecule has 0 aromatic carbocycles. The van der Waals surface area contributed by atoms with Gasteiger partial charge in [-0.15, -0.1) is 22.9 Å². The van der Waals surface area contributed by atoms with E-state index < -0.39 is 0 Å². The van der Waals surface area contributed by atoms with Crippen LogP contribution in [0.15, 0.2) is 6.20 Å². The first kappa shape index (κ1) is 10.4. The summed E-state index contributed by atoms with van der Waals surface area (Å²) >= 11 is 7.27. The number of nitrogens with zero attached hydrogens (tertiary/aromatic N) is 1. The van der Waals surface area contributed by atoms with Crippen LogP contribution in [0.3, 0.4) is 0 Å². The molecule has 0 aliphatic carbocycles. The van der Waals surface area contributed by atoms with E-state index in [1.165, 1.54) is 17.6 Å². The minimum Gasteiger partial charge on any atom is -0.310 e. The highest BCUT2D eigenvalue weighted by atomic mass is 35.5. The topological polar surface area (TPSA) is 45.3 Å². The highest BCUT2D eigenvalue weighted by molar-refractivity contribution is 7.18. The Morgan fingerprint density at radius 1 is 1.60 bits per heavy atom. The standard InChI is InChI=1S/C10H9ClN2OS/c1-6-9(5-14)8(3-12)10-13(6)4-7(2-11)15-10/h3-5,12H,2H2,1H3. The van der Waals surface area contributed by atoms with Gasteiger partial charge >= 0.3 is 0 Å². The minimum absolute atomic E-state index is 0.458. The number of thiazole rings is 1. The molecule has 1 N–H and O–H groups in total. The third-order valence-corrected chi connectivity index (χ3v) is 3.95. The molecule has 2 rings (SSSR count). The molecule has 15 heavy (non-hydrogen) atoms. The zero-order chi connectivity index (χ0) is 11.0. The molecule has 0 saturated heterocycles. The predicted octanol–water partition coefficient (Wildman–Crippen LogP) is 2.86. The number of rotatable bonds is 3. The van der Waals surface area contributed by atoms with Crippen LogP contribution in [-0.2, 0) is 5.88 Å². The lowest BCUT2D eigenvalue weighted by atomic mass is 10.2. The fourth-order valence-corrected chi connectivity index (χ4v) is 2.89. The Balaban J connectivity index is 2.84. The lowest BCUT2D eigenvalue weighted by molar-refractivity contribution is 0.112. The Kier molecular flexibility index (Phi) is 2.63. The molecule has 0 fully saturated rings. The maximum Gasteiger partial charge on any atom is 0.152 e. The molecule has 0 bridgehead atoms. The molecule has 78 valence electrons. The summed E-state index contributed by atoms with van der Waals surface area (Å²) in [5.74, 6) is 0.458. The van der Waals surface area contributed by atoms with Gasteiger partial charge in [0.15, 0.2) is 6.29 Å². The number of carbonyl (C=O) groups excluding carboxylic acids is 1. The van der Waals surface area contributed by atoms with E-state index in [4.69, 9.17) is 17.0 Å². The quantitative estimate of drug-likeness (QED) is 0.501. The summed E-state index contributed by atoms with van der Waals surface area (Å²) < 4.78 is 1.92. The third kappa shape index (κ3) is 1.41. The predicted molar refractivity (Wildman–Crippen MR) is 62.8 cm³/mol. The number of aldehydes is 1. The van der Waals surface area contributed by atoms with E-state index >= 15 is 0 Å². The van der Waals surface area contributed by atoms with E-state index in [-0.39, 0.29) is 0 Å². The van der Waals surface area contributed by atoms with Gasteiger partial charge in [0.2, 0.25) is 0 Å². The second-order valence-corrected chi connectivity index (χ2v) is 4.56. The third-order valence-electron chi connectivity index (χ3n) is 2.39. The minimum atomic E-state index is 0.458. The van der Waals surface area contributed by atoms with Crippen molar-refractivity contribution in [2.75, 3.05) is 0 Å². The van der Waals surface area contributed by atoms with E-state index in [0.29, 0.717) is 17.0 Å². The molecule has 0 spiro atoms. The number of hydrogen-bond acceptors (Lipinski definition) is 3. The van der Waals surface area contributed by atoms with Gasteiger partial charge in [0, 0.05) is 34.1 Å². The molecule has 3 nitrogen and oxygen atoms in total. The molecule has 5 heteroatoms. The summed E-state index contributed by atoms with van der Waals surface area (Å²) in [4.78, 5) is 12.8. The van der Waals surface area contributed by atoms with Crippen molar-refractivity contribution in [3.63, 3.8) is 0 Å². The number of carbonyl (C=O) groups is 1. The van der Waals surface area contributed by atoms with Crippen LogP contribution in [-0.4, -0.2) is 16.9 Å². The normalized spacial score (nSPS) is 10.8. The Morgan fingerprint density at radius 2 is 2.33 bits per heavy atom. The maximum absolute atomic E-state index is 10.9. The maximum atomic E-state index is 10.9. The van der Waals surface area contributed by atoms with E-state index in [1.54, 1.807) is 0 Å². The van der Waals surface area contributed by atoms with E-state index in [2.05, 4.69) is 0 Å². The molecule has 0 radical (unpaired) electrons. The van der Waals surface area contributed by atoms with E-state index in [1.807, 2.05) is 17.5 Å². The fourth-order valence-electron chi connectivity index (χ4n) is 1.63. The molecular weight excluding hydrogens is 232 g/mol. The molecule has 0 aliphatic rings. The van der Waals surface area contributed by atoms with Crippen LogP contribution in [0.2, 0.25) is 0 Å². The summed E-state index contributed by atoms with van der Waals surface area (Å²) in [6.07, 6.45) is 3.94. The zero-order valence-electron chi connectivity index (χ0n) is 8.08. The number of alkyl halides is 1. The van der Waals surface area contributed by atoms with Gasteiger partial charge < -0.3 is 9.81 Å². The summed E-state index contributed by atoms with van der Waals surface area (Å²) in [6.45, 7) is 1.87. The van der Waals surface area contributed by atoms with Gasteiger partial charge in [-0.05, 0) is 6.92 Å². The van der Waals surface area contributed by atoms with Crippen molar-refractivity contribution < 1.29 is 4.79 Å². The van der Waals surface area contributed by atoms with E-state index in [9.17, 15) is 4.79 Å². The van der Waals surface area contributed by atoms with Crippen LogP contribution in [0.4, 0.5) is 0 Å². The summed E-state index contributed by atoms with van der Waals surface area (Å²) in [6, 6.07) is 0. The molecule has 0 amide bonds. The van der Waals surface area contributed by atoms with Crippen LogP contribution in [0, 0.1) is 12.3 Å². The van der Waals surface area contributed by atoms with Crippen LogP contribution in [0.1, 0.15) is 26.5 Å². The number of aromatic nitrogens is 1. The SMILES string of the molecule is Cc1c(C=O)c(C=N)c2sc(CCl)cn12. The number of aryl methyl sites for hydroxylation is 1. The number of hydrogen-bond donors (Lipinski definition) is 1. The van der Waals surface area contributed by atoms with Crippen molar-refractivity contribution in [3.8, 4) is 0 Å². The van der Waals surface area contributed by atoms with Crippen molar-refractivity contribution in [3.05, 3.63) is 27.9 Å². The lowest BCUT2D eigenvalue weighted by Gasteiger charge is -1.91. The van der Waals surface area contributed by atoms with Crippen molar-refractivity contribution >= 4 is 40.3 Å². The molecule has 0 aliphatic heterocycles. The van der Waals surface area contributed by atoms with Gasteiger partial charge in [-0.2, -0.15) is 0 Å². The first-order valence-electron chi connectivity index (χ1n) is 4.37. The van der Waals surface area contributed by atoms with Gasteiger partial charge in [-0.25, -0.2) is 0 Å². The van der Waals surface area contributed by atoms with Crippen molar-refractivity contribution in [2.24, 2.45) is 0 Å². The summed E-state index contributed by atoms with van der Waals surface area (Å²) in [5, 5.41) is 7.33. The molecule has 2 aromatic rings. The monoisotopic (exact) mass is 240 g/mol. The second kappa shape index (κ2) is 3.79. The van der Waals surface area contributed by atoms with Crippen LogP contribution in [0.5, 0.6) is 0 Å². The van der Waals surface area contributed by atoms with Gasteiger partial charge in [0.25, 0.3) is 0 Å². The Morgan fingerprint density at radius 3 is 2.87 bits per heavy atom. The molecule has 0 unspecified atom stereocenters. The average molecular weight is 241 g/mol. The number of nitrogens with one attached hydrogen (secondary N) is 1. The van der Waals surface area contributed by atoms with E-state index in [0.717, 1.165) is 21.7 Å². The summed E-state index contributed by atoms with van der Waals surface area (Å²) in [5.41, 5.74) is 2.15. The average Bonchev–Trinajstić information content (AvgIpc) is 2.76. The number of fused-ring (bicyclic) bond motifs is 1. The Bertz CT molecular complexity index is 541. The molecule has 0 saturated carbocycles. The van der Waals surface area contributed by atoms with Crippen molar-refractivity contribution in [1.82, 2.24) is 4.40 Å². The Labute approximate surface area is 95.8 Å². The largest absolute Gasteiger partial charge is 0.310 e. The van der Waals surface area contributed by atoms with Crippen LogP contribution in [0.25, 0.3) is 4.83 Å². The highest BCUT2D eigenvalue weighted by Crippen LogP contribution is 2.28. The molecular formula is C10H9ClN2OS. The van der Waals surface area contributed by atoms with Gasteiger partial charge in [0.1, 0.15) is 4.83 Å². The molecule has 2 heterocycles. The lowest BCUT2D eigenvalue weighted by Crippen LogP contribution is -1.88. The highest BCUT2D eigenvalue weighted by Gasteiger charge is 2.15. The van der Waals surface area contributed by atoms with Crippen molar-refractivity contribution in [2.45, 2.75) is 12.8 Å². The van der Waals surface area contributed by atoms with Crippen LogP contribution >= 0.6 is 22.9 Å².